The first-order chi connectivity index (χ1) is 13.1. The smallest absolute Gasteiger partial charge is 0.230 e. The van der Waals surface area contributed by atoms with Gasteiger partial charge in [0.2, 0.25) is 5.91 Å². The minimum absolute atomic E-state index is 0.0118. The number of aromatic nitrogens is 3. The topological polar surface area (TPSA) is 59.8 Å². The van der Waals surface area contributed by atoms with Gasteiger partial charge in [0.15, 0.2) is 11.0 Å². The molecule has 0 bridgehead atoms. The highest BCUT2D eigenvalue weighted by Gasteiger charge is 2.17. The molecule has 0 radical (unpaired) electrons. The molecule has 0 fully saturated rings. The summed E-state index contributed by atoms with van der Waals surface area (Å²) in [5, 5.41) is 12.4. The highest BCUT2D eigenvalue weighted by atomic mass is 32.2. The fraction of sp³-hybridized carbons (Fsp3) is 0.286. The van der Waals surface area contributed by atoms with Crippen LogP contribution in [0, 0.1) is 13.8 Å². The average molecular weight is 381 g/mol. The number of carbonyl (C=O) groups excluding carboxylic acids is 1. The lowest BCUT2D eigenvalue weighted by molar-refractivity contribution is -0.118. The van der Waals surface area contributed by atoms with Crippen molar-refractivity contribution < 1.29 is 4.79 Å². The van der Waals surface area contributed by atoms with E-state index in [9.17, 15) is 4.79 Å². The van der Waals surface area contributed by atoms with Crippen LogP contribution in [0.5, 0.6) is 0 Å². The van der Waals surface area contributed by atoms with Gasteiger partial charge in [0.05, 0.1) is 11.4 Å². The Morgan fingerprint density at radius 1 is 1.07 bits per heavy atom. The Bertz CT molecular complexity index is 921. The maximum Gasteiger partial charge on any atom is 0.230 e. The van der Waals surface area contributed by atoms with E-state index in [-0.39, 0.29) is 5.91 Å². The Labute approximate surface area is 164 Å². The summed E-state index contributed by atoms with van der Waals surface area (Å²) < 4.78 is 2.03. The number of hydrogen-bond acceptors (Lipinski definition) is 4. The summed E-state index contributed by atoms with van der Waals surface area (Å²) in [6, 6.07) is 16.3. The number of nitrogens with one attached hydrogen (secondary N) is 1. The third kappa shape index (κ3) is 4.57. The van der Waals surface area contributed by atoms with E-state index in [0.29, 0.717) is 17.5 Å². The number of benzene rings is 2. The van der Waals surface area contributed by atoms with Gasteiger partial charge in [0, 0.05) is 12.1 Å². The highest BCUT2D eigenvalue weighted by molar-refractivity contribution is 7.99. The molecular weight excluding hydrogens is 356 g/mol. The van der Waals surface area contributed by atoms with Gasteiger partial charge in [0.1, 0.15) is 0 Å². The molecule has 0 saturated carbocycles. The molecule has 1 aromatic heterocycles. The van der Waals surface area contributed by atoms with Gasteiger partial charge < -0.3 is 5.32 Å². The molecule has 1 N–H and O–H groups in total. The molecule has 5 nitrogen and oxygen atoms in total. The molecule has 140 valence electrons. The van der Waals surface area contributed by atoms with Crippen LogP contribution in [0.25, 0.3) is 17.1 Å². The van der Waals surface area contributed by atoms with Gasteiger partial charge in [-0.3, -0.25) is 9.36 Å². The summed E-state index contributed by atoms with van der Waals surface area (Å²) in [5.41, 5.74) is 4.43. The van der Waals surface area contributed by atoms with Gasteiger partial charge in [-0.15, -0.1) is 10.2 Å². The van der Waals surface area contributed by atoms with E-state index in [4.69, 9.17) is 0 Å². The Hall–Kier alpha value is -2.60. The largest absolute Gasteiger partial charge is 0.355 e. The van der Waals surface area contributed by atoms with Crippen LogP contribution in [0.15, 0.2) is 53.7 Å². The number of nitrogens with zero attached hydrogens (tertiary/aromatic N) is 3. The minimum Gasteiger partial charge on any atom is -0.355 e. The molecule has 0 aliphatic rings. The SMILES string of the molecule is CCCNC(=O)CSc1nnc(-c2ccccc2)n1-c1ccc(C)c(C)c1. The van der Waals surface area contributed by atoms with Gasteiger partial charge in [-0.05, 0) is 43.5 Å². The lowest BCUT2D eigenvalue weighted by atomic mass is 10.1. The molecule has 1 amide bonds. The molecule has 0 saturated heterocycles. The fourth-order valence-corrected chi connectivity index (χ4v) is 3.46. The lowest BCUT2D eigenvalue weighted by Crippen LogP contribution is -2.25. The van der Waals surface area contributed by atoms with E-state index >= 15 is 0 Å². The molecule has 6 heteroatoms. The molecule has 3 rings (SSSR count). The zero-order chi connectivity index (χ0) is 19.2. The minimum atomic E-state index is 0.0118. The van der Waals surface area contributed by atoms with Gasteiger partial charge in [-0.2, -0.15) is 0 Å². The summed E-state index contributed by atoms with van der Waals surface area (Å²) in [6.07, 6.45) is 0.924. The summed E-state index contributed by atoms with van der Waals surface area (Å²) >= 11 is 1.40. The Kier molecular flexibility index (Phi) is 6.29. The van der Waals surface area contributed by atoms with Crippen molar-refractivity contribution in [3.63, 3.8) is 0 Å². The molecule has 0 spiro atoms. The average Bonchev–Trinajstić information content (AvgIpc) is 3.11. The summed E-state index contributed by atoms with van der Waals surface area (Å²) in [6.45, 7) is 6.92. The lowest BCUT2D eigenvalue weighted by Gasteiger charge is -2.12. The molecule has 0 unspecified atom stereocenters. The number of hydrogen-bond donors (Lipinski definition) is 1. The number of rotatable bonds is 7. The van der Waals surface area contributed by atoms with E-state index in [0.717, 1.165) is 23.5 Å². The van der Waals surface area contributed by atoms with Crippen LogP contribution in [0.2, 0.25) is 0 Å². The van der Waals surface area contributed by atoms with Crippen molar-refractivity contribution in [3.05, 3.63) is 59.7 Å². The summed E-state index contributed by atoms with van der Waals surface area (Å²) in [7, 11) is 0. The van der Waals surface area contributed by atoms with Crippen molar-refractivity contribution in [3.8, 4) is 17.1 Å². The quantitative estimate of drug-likeness (QED) is 0.625. The predicted molar refractivity (Wildman–Crippen MR) is 110 cm³/mol. The normalized spacial score (nSPS) is 10.8. The van der Waals surface area contributed by atoms with Crippen LogP contribution >= 0.6 is 11.8 Å². The van der Waals surface area contributed by atoms with Gasteiger partial charge in [-0.25, -0.2) is 0 Å². The van der Waals surface area contributed by atoms with Crippen molar-refractivity contribution in [2.45, 2.75) is 32.3 Å². The third-order valence-corrected chi connectivity index (χ3v) is 5.25. The Morgan fingerprint density at radius 2 is 1.85 bits per heavy atom. The second-order valence-electron chi connectivity index (χ2n) is 6.41. The van der Waals surface area contributed by atoms with Crippen molar-refractivity contribution in [1.82, 2.24) is 20.1 Å². The zero-order valence-corrected chi connectivity index (χ0v) is 16.7. The van der Waals surface area contributed by atoms with Crippen molar-refractivity contribution in [2.24, 2.45) is 0 Å². The molecular formula is C21H24N4OS. The molecule has 3 aromatic rings. The first kappa shape index (κ1) is 19.2. The van der Waals surface area contributed by atoms with Crippen LogP contribution in [0.1, 0.15) is 24.5 Å². The standard InChI is InChI=1S/C21H24N4OS/c1-4-12-22-19(26)14-27-21-24-23-20(17-8-6-5-7-9-17)25(21)18-11-10-15(2)16(3)13-18/h5-11,13H,4,12,14H2,1-3H3,(H,22,26). The Balaban J connectivity index is 1.97. The summed E-state index contributed by atoms with van der Waals surface area (Å²) in [4.78, 5) is 12.0. The van der Waals surface area contributed by atoms with Crippen LogP contribution in [0.3, 0.4) is 0 Å². The highest BCUT2D eigenvalue weighted by Crippen LogP contribution is 2.28. The van der Waals surface area contributed by atoms with Crippen molar-refractivity contribution >= 4 is 17.7 Å². The monoisotopic (exact) mass is 380 g/mol. The molecule has 27 heavy (non-hydrogen) atoms. The third-order valence-electron chi connectivity index (χ3n) is 4.32. The first-order valence-electron chi connectivity index (χ1n) is 9.08. The van der Waals surface area contributed by atoms with Crippen LogP contribution < -0.4 is 5.32 Å². The van der Waals surface area contributed by atoms with Crippen molar-refractivity contribution in [2.75, 3.05) is 12.3 Å². The summed E-state index contributed by atoms with van der Waals surface area (Å²) in [5.74, 6) is 1.10. The predicted octanol–water partition coefficient (Wildman–Crippen LogP) is 4.17. The molecule has 1 heterocycles. The number of carbonyl (C=O) groups is 1. The van der Waals surface area contributed by atoms with Gasteiger partial charge >= 0.3 is 0 Å². The second kappa shape index (κ2) is 8.86. The van der Waals surface area contributed by atoms with Crippen LogP contribution in [0.4, 0.5) is 0 Å². The van der Waals surface area contributed by atoms with Crippen LogP contribution in [-0.4, -0.2) is 33.0 Å². The van der Waals surface area contributed by atoms with E-state index in [1.54, 1.807) is 0 Å². The van der Waals surface area contributed by atoms with E-state index in [1.165, 1.54) is 22.9 Å². The molecule has 0 aliphatic heterocycles. The zero-order valence-electron chi connectivity index (χ0n) is 15.9. The second-order valence-corrected chi connectivity index (χ2v) is 7.36. The van der Waals surface area contributed by atoms with Gasteiger partial charge in [-0.1, -0.05) is 55.1 Å². The maximum atomic E-state index is 12.0. The van der Waals surface area contributed by atoms with Gasteiger partial charge in [0.25, 0.3) is 0 Å². The van der Waals surface area contributed by atoms with Crippen LogP contribution in [-0.2, 0) is 4.79 Å². The van der Waals surface area contributed by atoms with Crippen molar-refractivity contribution in [1.29, 1.82) is 0 Å². The van der Waals surface area contributed by atoms with E-state index < -0.39 is 0 Å². The fourth-order valence-electron chi connectivity index (χ4n) is 2.68. The molecule has 0 aliphatic carbocycles. The Morgan fingerprint density at radius 3 is 2.56 bits per heavy atom. The number of aryl methyl sites for hydroxylation is 2. The molecule has 2 aromatic carbocycles. The van der Waals surface area contributed by atoms with E-state index in [1.807, 2.05) is 41.8 Å². The first-order valence-corrected chi connectivity index (χ1v) is 10.1. The maximum absolute atomic E-state index is 12.0. The number of thioether (sulfide) groups is 1. The van der Waals surface area contributed by atoms with E-state index in [2.05, 4.69) is 47.6 Å². The number of amides is 1. The molecule has 0 atom stereocenters.